The highest BCUT2D eigenvalue weighted by Gasteiger charge is 2.39. The largest absolute Gasteiger partial charge is 0.493 e. The number of ether oxygens (including phenoxy) is 2. The normalized spacial score (nSPS) is 21.1. The average Bonchev–Trinajstić information content (AvgIpc) is 3.14. The van der Waals surface area contributed by atoms with E-state index >= 15 is 0 Å². The van der Waals surface area contributed by atoms with Gasteiger partial charge in [-0.2, -0.15) is 0 Å². The van der Waals surface area contributed by atoms with E-state index in [4.69, 9.17) is 9.47 Å². The molecular weight excluding hydrogens is 318 g/mol. The number of hydrogen-bond acceptors (Lipinski definition) is 4. The van der Waals surface area contributed by atoms with Gasteiger partial charge in [-0.15, -0.1) is 0 Å². The topological polar surface area (TPSA) is 55.8 Å². The maximum atomic E-state index is 13.4. The van der Waals surface area contributed by atoms with E-state index in [9.17, 15) is 9.59 Å². The van der Waals surface area contributed by atoms with E-state index in [1.807, 2.05) is 42.5 Å². The van der Waals surface area contributed by atoms with Crippen LogP contribution >= 0.6 is 0 Å². The lowest BCUT2D eigenvalue weighted by atomic mass is 9.86. The van der Waals surface area contributed by atoms with Crippen molar-refractivity contribution >= 4 is 12.2 Å². The Morgan fingerprint density at radius 3 is 2.80 bits per heavy atom. The quantitative estimate of drug-likeness (QED) is 0.808. The van der Waals surface area contributed by atoms with Crippen LogP contribution in [0.1, 0.15) is 29.9 Å². The van der Waals surface area contributed by atoms with E-state index in [1.54, 1.807) is 12.0 Å². The van der Waals surface area contributed by atoms with Crippen LogP contribution in [-0.4, -0.2) is 36.8 Å². The summed E-state index contributed by atoms with van der Waals surface area (Å²) < 4.78 is 11.4. The zero-order valence-electron chi connectivity index (χ0n) is 14.0. The van der Waals surface area contributed by atoms with E-state index in [2.05, 4.69) is 0 Å². The number of benzene rings is 2. The monoisotopic (exact) mass is 337 g/mol. The fourth-order valence-corrected chi connectivity index (χ4v) is 3.76. The second kappa shape index (κ2) is 6.24. The number of aldehydes is 1. The summed E-state index contributed by atoms with van der Waals surface area (Å²) in [6, 6.07) is 12.8. The summed E-state index contributed by atoms with van der Waals surface area (Å²) in [5.74, 6) is 1.28. The third kappa shape index (κ3) is 2.47. The lowest BCUT2D eigenvalue weighted by Gasteiger charge is -2.32. The minimum Gasteiger partial charge on any atom is -0.493 e. The van der Waals surface area contributed by atoms with Gasteiger partial charge in [0.1, 0.15) is 12.0 Å². The van der Waals surface area contributed by atoms with Gasteiger partial charge in [0.15, 0.2) is 11.5 Å². The maximum absolute atomic E-state index is 13.4. The number of carbonyl (C=O) groups excluding carboxylic acids is 2. The zero-order valence-corrected chi connectivity index (χ0v) is 14.0. The van der Waals surface area contributed by atoms with Crippen LogP contribution in [0.3, 0.4) is 0 Å². The highest BCUT2D eigenvalue weighted by Crippen LogP contribution is 2.49. The Hall–Kier alpha value is -2.82. The molecule has 5 nitrogen and oxygen atoms in total. The Bertz CT molecular complexity index is 832. The number of nitrogens with zero attached hydrogens (tertiary/aromatic N) is 1. The fraction of sp³-hybridized carbons (Fsp3) is 0.300. The van der Waals surface area contributed by atoms with E-state index in [0.29, 0.717) is 23.8 Å². The molecule has 2 heterocycles. The van der Waals surface area contributed by atoms with Crippen molar-refractivity contribution < 1.29 is 19.1 Å². The first-order valence-electron chi connectivity index (χ1n) is 8.44. The Balaban J connectivity index is 1.84. The molecule has 2 aromatic carbocycles. The average molecular weight is 337 g/mol. The molecule has 0 saturated carbocycles. The molecule has 1 amide bonds. The molecule has 5 heteroatoms. The molecule has 0 bridgehead atoms. The molecule has 25 heavy (non-hydrogen) atoms. The van der Waals surface area contributed by atoms with Crippen LogP contribution in [0.15, 0.2) is 42.5 Å². The van der Waals surface area contributed by atoms with Crippen LogP contribution in [0.4, 0.5) is 0 Å². The maximum Gasteiger partial charge on any atom is 0.235 e. The molecule has 2 aliphatic heterocycles. The van der Waals surface area contributed by atoms with Crippen LogP contribution < -0.4 is 9.47 Å². The van der Waals surface area contributed by atoms with Crippen LogP contribution in [0.5, 0.6) is 17.2 Å². The first kappa shape index (κ1) is 15.7. The van der Waals surface area contributed by atoms with Crippen molar-refractivity contribution in [3.05, 3.63) is 53.6 Å². The number of para-hydroxylation sites is 2. The minimum absolute atomic E-state index is 0.0557. The summed E-state index contributed by atoms with van der Waals surface area (Å²) in [5, 5.41) is 0. The van der Waals surface area contributed by atoms with Crippen molar-refractivity contribution in [2.24, 2.45) is 0 Å². The summed E-state index contributed by atoms with van der Waals surface area (Å²) in [6.07, 6.45) is 2.46. The molecule has 0 spiro atoms. The SMILES string of the molecule is COc1cccc2c1Oc1ccccc1[C@H]2C(=O)N1CCC[C@H]1C=O. The first-order valence-corrected chi connectivity index (χ1v) is 8.44. The number of methoxy groups -OCH3 is 1. The number of likely N-dealkylation sites (tertiary alicyclic amines) is 1. The van der Waals surface area contributed by atoms with Crippen molar-refractivity contribution in [1.29, 1.82) is 0 Å². The molecule has 1 saturated heterocycles. The number of rotatable bonds is 3. The predicted octanol–water partition coefficient (Wildman–Crippen LogP) is 3.12. The van der Waals surface area contributed by atoms with Gasteiger partial charge >= 0.3 is 0 Å². The molecular formula is C20H19NO4. The fourth-order valence-electron chi connectivity index (χ4n) is 3.76. The smallest absolute Gasteiger partial charge is 0.235 e. The third-order valence-electron chi connectivity index (χ3n) is 4.97. The van der Waals surface area contributed by atoms with Gasteiger partial charge in [-0.25, -0.2) is 0 Å². The van der Waals surface area contributed by atoms with E-state index in [-0.39, 0.29) is 11.9 Å². The predicted molar refractivity (Wildman–Crippen MR) is 92.2 cm³/mol. The molecule has 128 valence electrons. The van der Waals surface area contributed by atoms with Crippen LogP contribution in [0, 0.1) is 0 Å². The minimum atomic E-state index is -0.490. The Morgan fingerprint density at radius 2 is 2.00 bits per heavy atom. The number of carbonyl (C=O) groups is 2. The Labute approximate surface area is 146 Å². The third-order valence-corrected chi connectivity index (χ3v) is 4.97. The number of amides is 1. The summed E-state index contributed by atoms with van der Waals surface area (Å²) in [4.78, 5) is 26.4. The van der Waals surface area contributed by atoms with E-state index in [1.165, 1.54) is 0 Å². The van der Waals surface area contributed by atoms with Crippen LogP contribution in [0.2, 0.25) is 0 Å². The van der Waals surface area contributed by atoms with Crippen molar-refractivity contribution in [3.63, 3.8) is 0 Å². The molecule has 0 radical (unpaired) electrons. The van der Waals surface area contributed by atoms with Crippen molar-refractivity contribution in [3.8, 4) is 17.2 Å². The van der Waals surface area contributed by atoms with Gasteiger partial charge in [-0.1, -0.05) is 30.3 Å². The summed E-state index contributed by atoms with van der Waals surface area (Å²) in [5.41, 5.74) is 1.60. The van der Waals surface area contributed by atoms with Gasteiger partial charge < -0.3 is 19.2 Å². The second-order valence-electron chi connectivity index (χ2n) is 6.33. The summed E-state index contributed by atoms with van der Waals surface area (Å²) >= 11 is 0. The molecule has 1 fully saturated rings. The zero-order chi connectivity index (χ0) is 17.4. The molecule has 2 aliphatic rings. The lowest BCUT2D eigenvalue weighted by Crippen LogP contribution is -2.40. The molecule has 0 unspecified atom stereocenters. The first-order chi connectivity index (χ1) is 12.2. The van der Waals surface area contributed by atoms with Crippen LogP contribution in [-0.2, 0) is 9.59 Å². The Morgan fingerprint density at radius 1 is 1.20 bits per heavy atom. The highest BCUT2D eigenvalue weighted by molar-refractivity contribution is 5.92. The number of fused-ring (bicyclic) bond motifs is 2. The second-order valence-corrected chi connectivity index (χ2v) is 6.33. The van der Waals surface area contributed by atoms with Gasteiger partial charge in [0, 0.05) is 17.7 Å². The lowest BCUT2D eigenvalue weighted by molar-refractivity contribution is -0.135. The van der Waals surface area contributed by atoms with Crippen LogP contribution in [0.25, 0.3) is 0 Å². The van der Waals surface area contributed by atoms with Crippen molar-refractivity contribution in [2.75, 3.05) is 13.7 Å². The molecule has 2 atom stereocenters. The standard InChI is InChI=1S/C20H19NO4/c1-24-17-10-4-8-15-18(20(23)21-11-5-6-13(21)12-22)14-7-2-3-9-16(14)25-19(15)17/h2-4,7-10,12-13,18H,5-6,11H2,1H3/t13-,18+/m0/s1. The summed E-state index contributed by atoms with van der Waals surface area (Å²) in [6.45, 7) is 0.612. The Kier molecular flexibility index (Phi) is 3.92. The summed E-state index contributed by atoms with van der Waals surface area (Å²) in [7, 11) is 1.58. The van der Waals surface area contributed by atoms with Crippen molar-refractivity contribution in [2.45, 2.75) is 24.8 Å². The number of hydrogen-bond donors (Lipinski definition) is 0. The van der Waals surface area contributed by atoms with E-state index < -0.39 is 5.92 Å². The van der Waals surface area contributed by atoms with Gasteiger partial charge in [0.05, 0.1) is 19.1 Å². The van der Waals surface area contributed by atoms with E-state index in [0.717, 1.165) is 30.3 Å². The molecule has 2 aromatic rings. The molecule has 4 rings (SSSR count). The molecule has 0 aromatic heterocycles. The van der Waals surface area contributed by atoms with Crippen molar-refractivity contribution in [1.82, 2.24) is 4.90 Å². The molecule has 0 N–H and O–H groups in total. The highest BCUT2D eigenvalue weighted by atomic mass is 16.5. The van der Waals surface area contributed by atoms with Gasteiger partial charge in [0.2, 0.25) is 5.91 Å². The van der Waals surface area contributed by atoms with Gasteiger partial charge in [-0.05, 0) is 25.0 Å². The van der Waals surface area contributed by atoms with Gasteiger partial charge in [-0.3, -0.25) is 4.79 Å². The molecule has 0 aliphatic carbocycles. The van der Waals surface area contributed by atoms with Gasteiger partial charge in [0.25, 0.3) is 0 Å².